The Balaban J connectivity index is 1.32. The third kappa shape index (κ3) is 4.86. The highest BCUT2D eigenvalue weighted by molar-refractivity contribution is 6.33. The average Bonchev–Trinajstić information content (AvgIpc) is 2.79. The molecule has 2 aliphatic heterocycles. The van der Waals surface area contributed by atoms with Crippen LogP contribution < -0.4 is 20.4 Å². The van der Waals surface area contributed by atoms with Crippen LogP contribution in [0.3, 0.4) is 0 Å². The summed E-state index contributed by atoms with van der Waals surface area (Å²) in [5.74, 6) is -0.0439. The monoisotopic (exact) mass is 458 g/mol. The molecular formula is C21H23ClN6O4. The largest absolute Gasteiger partial charge is 0.368 e. The highest BCUT2D eigenvalue weighted by Crippen LogP contribution is 2.29. The molecule has 0 atom stereocenters. The van der Waals surface area contributed by atoms with Gasteiger partial charge in [-0.1, -0.05) is 11.6 Å². The highest BCUT2D eigenvalue weighted by atomic mass is 35.5. The van der Waals surface area contributed by atoms with E-state index in [9.17, 15) is 19.7 Å². The molecule has 32 heavy (non-hydrogen) atoms. The number of carbonyl (C=O) groups excluding carboxylic acids is 2. The van der Waals surface area contributed by atoms with Crippen LogP contribution in [0.25, 0.3) is 0 Å². The summed E-state index contributed by atoms with van der Waals surface area (Å²) in [5, 5.41) is 16.9. The van der Waals surface area contributed by atoms with Gasteiger partial charge < -0.3 is 25.3 Å². The van der Waals surface area contributed by atoms with Crippen LogP contribution in [0.15, 0.2) is 42.5 Å². The summed E-state index contributed by atoms with van der Waals surface area (Å²) in [6.07, 6.45) is 0. The van der Waals surface area contributed by atoms with Crippen LogP contribution in [0.4, 0.5) is 27.5 Å². The van der Waals surface area contributed by atoms with Crippen LogP contribution in [-0.2, 0) is 4.79 Å². The lowest BCUT2D eigenvalue weighted by Gasteiger charge is -2.36. The van der Waals surface area contributed by atoms with Crippen molar-refractivity contribution in [2.45, 2.75) is 0 Å². The van der Waals surface area contributed by atoms with E-state index in [1.54, 1.807) is 29.2 Å². The SMILES string of the molecule is O=C1CN(c2ccc(NC(=O)N3CCN(c4ccc([N+](=O)[O-])cc4)CC3)cc2Cl)CCN1. The summed E-state index contributed by atoms with van der Waals surface area (Å²) < 4.78 is 0. The number of rotatable bonds is 4. The number of urea groups is 1. The number of piperazine rings is 2. The molecule has 2 saturated heterocycles. The molecule has 168 valence electrons. The Morgan fingerprint density at radius 3 is 2.38 bits per heavy atom. The van der Waals surface area contributed by atoms with E-state index < -0.39 is 4.92 Å². The van der Waals surface area contributed by atoms with Crippen molar-refractivity contribution < 1.29 is 14.5 Å². The number of non-ortho nitro benzene ring substituents is 1. The number of anilines is 3. The zero-order valence-electron chi connectivity index (χ0n) is 17.3. The lowest BCUT2D eigenvalue weighted by molar-refractivity contribution is -0.384. The molecule has 2 aliphatic rings. The Labute approximate surface area is 189 Å². The molecule has 10 nitrogen and oxygen atoms in total. The molecule has 0 aliphatic carbocycles. The van der Waals surface area contributed by atoms with Gasteiger partial charge in [0.2, 0.25) is 5.91 Å². The number of hydrogen-bond acceptors (Lipinski definition) is 6. The van der Waals surface area contributed by atoms with Gasteiger partial charge in [0.1, 0.15) is 0 Å². The molecule has 0 aromatic heterocycles. The van der Waals surface area contributed by atoms with Crippen molar-refractivity contribution in [2.75, 3.05) is 60.9 Å². The summed E-state index contributed by atoms with van der Waals surface area (Å²) in [6.45, 7) is 3.80. The second-order valence-electron chi connectivity index (χ2n) is 7.62. The Morgan fingerprint density at radius 2 is 1.75 bits per heavy atom. The van der Waals surface area contributed by atoms with Crippen molar-refractivity contribution in [1.82, 2.24) is 10.2 Å². The fourth-order valence-corrected chi connectivity index (χ4v) is 4.14. The second-order valence-corrected chi connectivity index (χ2v) is 8.02. The van der Waals surface area contributed by atoms with E-state index in [0.717, 1.165) is 11.4 Å². The van der Waals surface area contributed by atoms with Crippen molar-refractivity contribution in [2.24, 2.45) is 0 Å². The van der Waals surface area contributed by atoms with Crippen molar-refractivity contribution in [3.05, 3.63) is 57.6 Å². The number of nitrogens with zero attached hydrogens (tertiary/aromatic N) is 4. The second kappa shape index (κ2) is 9.31. The number of benzene rings is 2. The first-order valence-corrected chi connectivity index (χ1v) is 10.6. The maximum absolute atomic E-state index is 12.7. The van der Waals surface area contributed by atoms with Gasteiger partial charge in [-0.3, -0.25) is 14.9 Å². The molecule has 2 heterocycles. The van der Waals surface area contributed by atoms with E-state index in [-0.39, 0.29) is 24.2 Å². The predicted molar refractivity (Wildman–Crippen MR) is 123 cm³/mol. The zero-order chi connectivity index (χ0) is 22.7. The van der Waals surface area contributed by atoms with Crippen molar-refractivity contribution in [3.63, 3.8) is 0 Å². The molecule has 0 bridgehead atoms. The maximum atomic E-state index is 12.7. The van der Waals surface area contributed by atoms with Crippen LogP contribution in [0.5, 0.6) is 0 Å². The van der Waals surface area contributed by atoms with Crippen molar-refractivity contribution >= 4 is 46.3 Å². The molecule has 2 aromatic carbocycles. The third-order valence-corrected chi connectivity index (χ3v) is 5.87. The fraction of sp³-hybridized carbons (Fsp3) is 0.333. The summed E-state index contributed by atoms with van der Waals surface area (Å²) in [7, 11) is 0. The van der Waals surface area contributed by atoms with E-state index in [2.05, 4.69) is 15.5 Å². The molecule has 0 saturated carbocycles. The first-order chi connectivity index (χ1) is 15.4. The lowest BCUT2D eigenvalue weighted by atomic mass is 10.2. The number of halogens is 1. The van der Waals surface area contributed by atoms with Gasteiger partial charge in [0, 0.05) is 62.8 Å². The van der Waals surface area contributed by atoms with Gasteiger partial charge >= 0.3 is 6.03 Å². The molecule has 0 radical (unpaired) electrons. The number of amides is 3. The molecule has 2 fully saturated rings. The lowest BCUT2D eigenvalue weighted by Crippen LogP contribution is -2.50. The quantitative estimate of drug-likeness (QED) is 0.538. The Morgan fingerprint density at radius 1 is 1.03 bits per heavy atom. The predicted octanol–water partition coefficient (Wildman–Crippen LogP) is 2.54. The van der Waals surface area contributed by atoms with E-state index in [0.29, 0.717) is 50.0 Å². The van der Waals surface area contributed by atoms with Gasteiger partial charge in [0.05, 0.1) is 22.2 Å². The topological polar surface area (TPSA) is 111 Å². The molecule has 2 aromatic rings. The van der Waals surface area contributed by atoms with Crippen molar-refractivity contribution in [3.8, 4) is 0 Å². The van der Waals surface area contributed by atoms with E-state index >= 15 is 0 Å². The molecule has 11 heteroatoms. The van der Waals surface area contributed by atoms with Crippen molar-refractivity contribution in [1.29, 1.82) is 0 Å². The van der Waals surface area contributed by atoms with E-state index in [4.69, 9.17) is 11.6 Å². The maximum Gasteiger partial charge on any atom is 0.321 e. The number of carbonyl (C=O) groups is 2. The first kappa shape index (κ1) is 21.7. The smallest absolute Gasteiger partial charge is 0.321 e. The van der Waals surface area contributed by atoms with Gasteiger partial charge in [-0.25, -0.2) is 4.79 Å². The summed E-state index contributed by atoms with van der Waals surface area (Å²) in [4.78, 5) is 40.4. The zero-order valence-corrected chi connectivity index (χ0v) is 18.0. The highest BCUT2D eigenvalue weighted by Gasteiger charge is 2.23. The van der Waals surface area contributed by atoms with Crippen LogP contribution in [0.1, 0.15) is 0 Å². The summed E-state index contributed by atoms with van der Waals surface area (Å²) in [5.41, 5.74) is 2.30. The molecule has 3 amide bonds. The van der Waals surface area contributed by atoms with Crippen LogP contribution in [0, 0.1) is 10.1 Å². The summed E-state index contributed by atoms with van der Waals surface area (Å²) in [6, 6.07) is 11.5. The third-order valence-electron chi connectivity index (χ3n) is 5.57. The molecule has 4 rings (SSSR count). The molecule has 0 spiro atoms. The molecule has 2 N–H and O–H groups in total. The van der Waals surface area contributed by atoms with Gasteiger partial charge in [-0.05, 0) is 30.3 Å². The minimum atomic E-state index is -0.423. The molecular weight excluding hydrogens is 436 g/mol. The minimum Gasteiger partial charge on any atom is -0.368 e. The van der Waals surface area contributed by atoms with E-state index in [1.807, 2.05) is 11.0 Å². The standard InChI is InChI=1S/C21H23ClN6O4/c22-18-13-15(1-6-19(18)27-8-7-23-20(29)14-27)24-21(30)26-11-9-25(10-12-26)16-2-4-17(5-3-16)28(31)32/h1-6,13H,7-12,14H2,(H,23,29)(H,24,30). The van der Waals surface area contributed by atoms with Gasteiger partial charge in [-0.15, -0.1) is 0 Å². The van der Waals surface area contributed by atoms with Crippen LogP contribution in [0.2, 0.25) is 5.02 Å². The number of nitro benzene ring substituents is 1. The van der Waals surface area contributed by atoms with Gasteiger partial charge in [0.15, 0.2) is 0 Å². The normalized spacial score (nSPS) is 16.5. The number of hydrogen-bond donors (Lipinski definition) is 2. The minimum absolute atomic E-state index is 0.0439. The summed E-state index contributed by atoms with van der Waals surface area (Å²) >= 11 is 6.41. The Bertz CT molecular complexity index is 1020. The van der Waals surface area contributed by atoms with E-state index in [1.165, 1.54) is 12.1 Å². The number of nitro groups is 1. The van der Waals surface area contributed by atoms with Crippen LogP contribution in [-0.4, -0.2) is 67.6 Å². The van der Waals surface area contributed by atoms with Gasteiger partial charge in [0.25, 0.3) is 5.69 Å². The number of nitrogens with one attached hydrogen (secondary N) is 2. The first-order valence-electron chi connectivity index (χ1n) is 10.3. The Kier molecular flexibility index (Phi) is 6.31. The molecule has 0 unspecified atom stereocenters. The fourth-order valence-electron chi connectivity index (χ4n) is 3.84. The Hall–Kier alpha value is -3.53. The van der Waals surface area contributed by atoms with Gasteiger partial charge in [-0.2, -0.15) is 0 Å². The van der Waals surface area contributed by atoms with Crippen LogP contribution >= 0.6 is 11.6 Å². The average molecular weight is 459 g/mol.